The molecular formula is C23H17ClF6N6O. The van der Waals surface area contributed by atoms with Crippen LogP contribution in [0.25, 0.3) is 5.82 Å². The molecule has 0 aliphatic rings. The molecule has 4 aromatic rings. The highest BCUT2D eigenvalue weighted by molar-refractivity contribution is 6.31. The largest absolute Gasteiger partial charge is 0.416 e. The van der Waals surface area contributed by atoms with E-state index in [1.807, 2.05) is 0 Å². The number of nitrogens with zero attached hydrogens (tertiary/aromatic N) is 6. The number of benzene rings is 2. The van der Waals surface area contributed by atoms with Gasteiger partial charge in [-0.25, -0.2) is 9.36 Å². The summed E-state index contributed by atoms with van der Waals surface area (Å²) < 4.78 is 82.1. The summed E-state index contributed by atoms with van der Waals surface area (Å²) in [4.78, 5) is 14.5. The third-order valence-electron chi connectivity index (χ3n) is 5.32. The minimum absolute atomic E-state index is 0.0352. The van der Waals surface area contributed by atoms with Crippen molar-refractivity contribution in [3.05, 3.63) is 93.9 Å². The van der Waals surface area contributed by atoms with Gasteiger partial charge in [-0.1, -0.05) is 35.0 Å². The maximum Gasteiger partial charge on any atom is 0.416 e. The van der Waals surface area contributed by atoms with Crippen LogP contribution >= 0.6 is 11.6 Å². The Morgan fingerprint density at radius 2 is 1.65 bits per heavy atom. The number of carbonyl (C=O) groups is 1. The summed E-state index contributed by atoms with van der Waals surface area (Å²) >= 11 is 6.17. The minimum Gasteiger partial charge on any atom is -0.336 e. The van der Waals surface area contributed by atoms with Gasteiger partial charge in [0.1, 0.15) is 0 Å². The van der Waals surface area contributed by atoms with Gasteiger partial charge in [0, 0.05) is 31.0 Å². The molecule has 0 radical (unpaired) electrons. The Balaban J connectivity index is 1.73. The minimum atomic E-state index is -5.01. The number of aromatic nitrogens is 5. The Labute approximate surface area is 210 Å². The summed E-state index contributed by atoms with van der Waals surface area (Å²) in [6.07, 6.45) is -7.20. The fourth-order valence-electron chi connectivity index (χ4n) is 3.59. The first kappa shape index (κ1) is 26.2. The highest BCUT2D eigenvalue weighted by atomic mass is 35.5. The molecule has 0 spiro atoms. The maximum absolute atomic E-state index is 13.3. The van der Waals surface area contributed by atoms with Crippen LogP contribution in [0.15, 0.2) is 60.9 Å². The van der Waals surface area contributed by atoms with Gasteiger partial charge in [-0.2, -0.15) is 31.4 Å². The number of alkyl halides is 6. The number of amides is 1. The van der Waals surface area contributed by atoms with Crippen molar-refractivity contribution in [2.24, 2.45) is 0 Å². The van der Waals surface area contributed by atoms with Gasteiger partial charge >= 0.3 is 12.4 Å². The second kappa shape index (κ2) is 9.88. The van der Waals surface area contributed by atoms with Gasteiger partial charge < -0.3 is 4.90 Å². The molecule has 0 unspecified atom stereocenters. The Morgan fingerprint density at radius 3 is 2.22 bits per heavy atom. The standard InChI is InChI=1S/C23H17ClF6N6O/c1-34(13-15-5-2-3-6-18(15)24)21(37)19-20(35-8-4-7-31-35)36(33-32-19)12-14-9-16(22(25,26)27)11-17(10-14)23(28,29)30/h2-11H,12-13H2,1H3. The van der Waals surface area contributed by atoms with Crippen molar-refractivity contribution in [2.45, 2.75) is 25.4 Å². The summed E-state index contributed by atoms with van der Waals surface area (Å²) in [6, 6.07) is 9.60. The molecule has 4 rings (SSSR count). The topological polar surface area (TPSA) is 68.8 Å². The van der Waals surface area contributed by atoms with Gasteiger partial charge in [0.25, 0.3) is 5.91 Å². The Bertz CT molecular complexity index is 1380. The molecule has 2 aromatic carbocycles. The molecule has 0 saturated carbocycles. The zero-order valence-electron chi connectivity index (χ0n) is 18.9. The molecule has 14 heteroatoms. The normalized spacial score (nSPS) is 12.1. The van der Waals surface area contributed by atoms with E-state index in [1.54, 1.807) is 24.3 Å². The van der Waals surface area contributed by atoms with Crippen LogP contribution < -0.4 is 0 Å². The third-order valence-corrected chi connectivity index (χ3v) is 5.69. The molecule has 0 N–H and O–H groups in total. The molecule has 0 aliphatic carbocycles. The number of hydrogen-bond donors (Lipinski definition) is 0. The van der Waals surface area contributed by atoms with E-state index in [4.69, 9.17) is 11.6 Å². The van der Waals surface area contributed by atoms with Crippen LogP contribution in [-0.4, -0.2) is 42.6 Å². The van der Waals surface area contributed by atoms with Crippen molar-refractivity contribution in [2.75, 3.05) is 7.05 Å². The first-order valence-electron chi connectivity index (χ1n) is 10.6. The zero-order chi connectivity index (χ0) is 27.0. The monoisotopic (exact) mass is 542 g/mol. The van der Waals surface area contributed by atoms with Crippen molar-refractivity contribution in [3.8, 4) is 5.82 Å². The lowest BCUT2D eigenvalue weighted by Gasteiger charge is -2.18. The fraction of sp³-hybridized carbons (Fsp3) is 0.217. The van der Waals surface area contributed by atoms with Gasteiger partial charge in [0.05, 0.1) is 17.7 Å². The van der Waals surface area contributed by atoms with E-state index in [-0.39, 0.29) is 29.7 Å². The first-order chi connectivity index (χ1) is 17.3. The van der Waals surface area contributed by atoms with Gasteiger partial charge in [0.15, 0.2) is 11.5 Å². The van der Waals surface area contributed by atoms with E-state index in [9.17, 15) is 31.1 Å². The van der Waals surface area contributed by atoms with Crippen LogP contribution in [0.1, 0.15) is 32.7 Å². The predicted molar refractivity (Wildman–Crippen MR) is 120 cm³/mol. The molecule has 0 fully saturated rings. The van der Waals surface area contributed by atoms with Crippen molar-refractivity contribution >= 4 is 17.5 Å². The lowest BCUT2D eigenvalue weighted by Crippen LogP contribution is -2.28. The van der Waals surface area contributed by atoms with E-state index < -0.39 is 35.9 Å². The van der Waals surface area contributed by atoms with Crippen molar-refractivity contribution in [1.29, 1.82) is 0 Å². The lowest BCUT2D eigenvalue weighted by atomic mass is 10.0. The van der Waals surface area contributed by atoms with Crippen molar-refractivity contribution in [3.63, 3.8) is 0 Å². The second-order valence-corrected chi connectivity index (χ2v) is 8.44. The molecular weight excluding hydrogens is 526 g/mol. The summed E-state index contributed by atoms with van der Waals surface area (Å²) in [5, 5.41) is 12.2. The quantitative estimate of drug-likeness (QED) is 0.303. The highest BCUT2D eigenvalue weighted by Gasteiger charge is 2.37. The van der Waals surface area contributed by atoms with Crippen LogP contribution in [0.2, 0.25) is 5.02 Å². The van der Waals surface area contributed by atoms with E-state index in [1.165, 1.54) is 35.1 Å². The number of carbonyl (C=O) groups excluding carboxylic acids is 1. The predicted octanol–water partition coefficient (Wildman–Crippen LogP) is 5.48. The van der Waals surface area contributed by atoms with Crippen molar-refractivity contribution < 1.29 is 31.1 Å². The molecule has 0 saturated heterocycles. The SMILES string of the molecule is CN(Cc1ccccc1Cl)C(=O)c1nnn(Cc2cc(C(F)(F)F)cc(C(F)(F)F)c2)c1-n1cccn1. The van der Waals surface area contributed by atoms with Crippen LogP contribution in [0.3, 0.4) is 0 Å². The summed E-state index contributed by atoms with van der Waals surface area (Å²) in [7, 11) is 1.49. The van der Waals surface area contributed by atoms with Crippen LogP contribution in [0, 0.1) is 0 Å². The Morgan fingerprint density at radius 1 is 1.00 bits per heavy atom. The summed E-state index contributed by atoms with van der Waals surface area (Å²) in [5.74, 6) is -0.649. The van der Waals surface area contributed by atoms with Gasteiger partial charge in [-0.05, 0) is 41.5 Å². The van der Waals surface area contributed by atoms with E-state index >= 15 is 0 Å². The van der Waals surface area contributed by atoms with Crippen molar-refractivity contribution in [1.82, 2.24) is 29.7 Å². The van der Waals surface area contributed by atoms with E-state index in [0.29, 0.717) is 22.7 Å². The Hall–Kier alpha value is -3.87. The number of hydrogen-bond acceptors (Lipinski definition) is 4. The molecule has 2 aromatic heterocycles. The lowest BCUT2D eigenvalue weighted by molar-refractivity contribution is -0.143. The third kappa shape index (κ3) is 5.77. The number of rotatable bonds is 6. The summed E-state index contributed by atoms with van der Waals surface area (Å²) in [6.45, 7) is -0.441. The average molecular weight is 543 g/mol. The summed E-state index contributed by atoms with van der Waals surface area (Å²) in [5.41, 5.74) is -2.83. The highest BCUT2D eigenvalue weighted by Crippen LogP contribution is 2.36. The van der Waals surface area contributed by atoms with Crippen LogP contribution in [-0.2, 0) is 25.4 Å². The number of halogens is 7. The van der Waals surface area contributed by atoms with Crippen LogP contribution in [0.5, 0.6) is 0 Å². The Kier molecular flexibility index (Phi) is 7.00. The molecule has 37 heavy (non-hydrogen) atoms. The average Bonchev–Trinajstić information content (AvgIpc) is 3.48. The van der Waals surface area contributed by atoms with Gasteiger partial charge in [0.2, 0.25) is 0 Å². The first-order valence-corrected chi connectivity index (χ1v) is 10.9. The van der Waals surface area contributed by atoms with E-state index in [0.717, 1.165) is 4.68 Å². The fourth-order valence-corrected chi connectivity index (χ4v) is 3.79. The molecule has 7 nitrogen and oxygen atoms in total. The van der Waals surface area contributed by atoms with Crippen LogP contribution in [0.4, 0.5) is 26.3 Å². The molecule has 194 valence electrons. The van der Waals surface area contributed by atoms with E-state index in [2.05, 4.69) is 15.4 Å². The molecule has 2 heterocycles. The zero-order valence-corrected chi connectivity index (χ0v) is 19.7. The molecule has 0 bridgehead atoms. The maximum atomic E-state index is 13.3. The second-order valence-electron chi connectivity index (χ2n) is 8.04. The molecule has 0 aliphatic heterocycles. The van der Waals surface area contributed by atoms with Gasteiger partial charge in [-0.3, -0.25) is 4.79 Å². The van der Waals surface area contributed by atoms with Gasteiger partial charge in [-0.15, -0.1) is 5.10 Å². The molecule has 1 amide bonds. The smallest absolute Gasteiger partial charge is 0.336 e. The molecule has 0 atom stereocenters.